The van der Waals surface area contributed by atoms with Gasteiger partial charge in [0.05, 0.1) is 11.2 Å². The van der Waals surface area contributed by atoms with Crippen molar-refractivity contribution in [2.45, 2.75) is 44.4 Å². The highest BCUT2D eigenvalue weighted by atomic mass is 16.5. The molecule has 4 rings (SSSR count). The molecular formula is C21H24N2O4. The van der Waals surface area contributed by atoms with Crippen LogP contribution in [0.25, 0.3) is 0 Å². The molecule has 0 unspecified atom stereocenters. The zero-order chi connectivity index (χ0) is 19.6. The molecule has 2 aliphatic rings. The standard InChI is InChI=1S/C21H24N2O4/c1-19(2,24)12-5-7-16-14(9-12)21(11-26-18(22)23-21)15-10-13(20(3,4)25)6-8-17(15)27-16/h5-10,24-25H,11H2,1-4H3,(H2,22,23). The summed E-state index contributed by atoms with van der Waals surface area (Å²) in [5, 5.41) is 20.9. The van der Waals surface area contributed by atoms with Crippen LogP contribution in [-0.4, -0.2) is 22.8 Å². The molecule has 0 amide bonds. The van der Waals surface area contributed by atoms with E-state index in [1.54, 1.807) is 27.7 Å². The molecule has 0 saturated heterocycles. The van der Waals surface area contributed by atoms with Crippen LogP contribution in [0.4, 0.5) is 0 Å². The number of aliphatic hydroxyl groups is 2. The first kappa shape index (κ1) is 17.8. The van der Waals surface area contributed by atoms with E-state index in [1.807, 2.05) is 36.4 Å². The topological polar surface area (TPSA) is 97.3 Å². The van der Waals surface area contributed by atoms with Crippen molar-refractivity contribution < 1.29 is 19.7 Å². The Morgan fingerprint density at radius 2 is 1.41 bits per heavy atom. The monoisotopic (exact) mass is 368 g/mol. The summed E-state index contributed by atoms with van der Waals surface area (Å²) in [5.41, 5.74) is 6.03. The lowest BCUT2D eigenvalue weighted by molar-refractivity contribution is 0.0781. The zero-order valence-corrected chi connectivity index (χ0v) is 15.9. The van der Waals surface area contributed by atoms with Crippen molar-refractivity contribution in [1.82, 2.24) is 0 Å². The first-order valence-electron chi connectivity index (χ1n) is 8.91. The van der Waals surface area contributed by atoms with Gasteiger partial charge in [0.25, 0.3) is 6.02 Å². The Bertz CT molecular complexity index is 888. The maximum Gasteiger partial charge on any atom is 0.283 e. The fourth-order valence-electron chi connectivity index (χ4n) is 3.62. The van der Waals surface area contributed by atoms with E-state index >= 15 is 0 Å². The molecule has 0 radical (unpaired) electrons. The normalized spacial score (nSPS) is 17.6. The van der Waals surface area contributed by atoms with Crippen LogP contribution >= 0.6 is 0 Å². The third-order valence-corrected chi connectivity index (χ3v) is 5.21. The molecule has 0 saturated carbocycles. The summed E-state index contributed by atoms with van der Waals surface area (Å²) in [6.07, 6.45) is 0. The van der Waals surface area contributed by atoms with Gasteiger partial charge in [0.15, 0.2) is 5.54 Å². The van der Waals surface area contributed by atoms with E-state index in [9.17, 15) is 10.2 Å². The quantitative estimate of drug-likeness (QED) is 0.757. The molecule has 6 nitrogen and oxygen atoms in total. The third-order valence-electron chi connectivity index (χ3n) is 5.21. The zero-order valence-electron chi connectivity index (χ0n) is 15.9. The summed E-state index contributed by atoms with van der Waals surface area (Å²) in [6.45, 7) is 7.15. The van der Waals surface area contributed by atoms with Gasteiger partial charge < -0.3 is 25.4 Å². The average molecular weight is 368 g/mol. The predicted octanol–water partition coefficient (Wildman–Crippen LogP) is 2.84. The SMILES string of the molecule is CC(C)(O)c1ccc2c(c1)C1(COC(N)=N1)c1cc(C(C)(C)O)ccc1O2. The van der Waals surface area contributed by atoms with Gasteiger partial charge in [0.2, 0.25) is 0 Å². The molecule has 1 spiro atoms. The Balaban J connectivity index is 1.98. The molecule has 4 N–H and O–H groups in total. The van der Waals surface area contributed by atoms with E-state index in [1.165, 1.54) is 0 Å². The first-order valence-corrected chi connectivity index (χ1v) is 8.91. The molecule has 142 valence electrons. The molecule has 2 aromatic rings. The molecule has 0 bridgehead atoms. The molecular weight excluding hydrogens is 344 g/mol. The van der Waals surface area contributed by atoms with Crippen molar-refractivity contribution >= 4 is 6.02 Å². The maximum atomic E-state index is 10.5. The minimum atomic E-state index is -1.01. The maximum absolute atomic E-state index is 10.5. The van der Waals surface area contributed by atoms with Crippen molar-refractivity contribution in [2.75, 3.05) is 6.61 Å². The lowest BCUT2D eigenvalue weighted by Gasteiger charge is -2.35. The van der Waals surface area contributed by atoms with Crippen LogP contribution in [0.2, 0.25) is 0 Å². The van der Waals surface area contributed by atoms with Gasteiger partial charge in [-0.05, 0) is 63.1 Å². The van der Waals surface area contributed by atoms with Crippen LogP contribution in [0.3, 0.4) is 0 Å². The van der Waals surface area contributed by atoms with Gasteiger partial charge in [-0.2, -0.15) is 0 Å². The van der Waals surface area contributed by atoms with E-state index in [2.05, 4.69) is 4.99 Å². The smallest absolute Gasteiger partial charge is 0.283 e. The predicted molar refractivity (Wildman–Crippen MR) is 102 cm³/mol. The van der Waals surface area contributed by atoms with Gasteiger partial charge in [-0.3, -0.25) is 0 Å². The van der Waals surface area contributed by atoms with Crippen LogP contribution < -0.4 is 10.5 Å². The number of nitrogens with two attached hydrogens (primary N) is 1. The molecule has 0 fully saturated rings. The number of hydrogen-bond acceptors (Lipinski definition) is 6. The lowest BCUT2D eigenvalue weighted by atomic mass is 9.78. The van der Waals surface area contributed by atoms with Crippen molar-refractivity contribution in [3.05, 3.63) is 58.7 Å². The van der Waals surface area contributed by atoms with E-state index in [4.69, 9.17) is 15.2 Å². The van der Waals surface area contributed by atoms with Gasteiger partial charge in [0.1, 0.15) is 18.1 Å². The van der Waals surface area contributed by atoms with E-state index < -0.39 is 16.7 Å². The largest absolute Gasteiger partial charge is 0.462 e. The highest BCUT2D eigenvalue weighted by Gasteiger charge is 2.47. The second kappa shape index (κ2) is 5.47. The molecule has 0 aliphatic carbocycles. The lowest BCUT2D eigenvalue weighted by Crippen LogP contribution is -2.32. The second-order valence-corrected chi connectivity index (χ2v) is 8.24. The highest BCUT2D eigenvalue weighted by molar-refractivity contribution is 5.77. The van der Waals surface area contributed by atoms with Gasteiger partial charge >= 0.3 is 0 Å². The third kappa shape index (κ3) is 2.76. The minimum Gasteiger partial charge on any atom is -0.462 e. The van der Waals surface area contributed by atoms with Crippen LogP contribution in [0, 0.1) is 0 Å². The van der Waals surface area contributed by atoms with E-state index in [0.29, 0.717) is 11.5 Å². The number of rotatable bonds is 2. The Morgan fingerprint density at radius 3 is 1.78 bits per heavy atom. The van der Waals surface area contributed by atoms with Gasteiger partial charge in [0, 0.05) is 11.1 Å². The number of hydrogen-bond donors (Lipinski definition) is 3. The van der Waals surface area contributed by atoms with Crippen molar-refractivity contribution in [3.63, 3.8) is 0 Å². The molecule has 2 heterocycles. The van der Waals surface area contributed by atoms with Crippen molar-refractivity contribution in [1.29, 1.82) is 0 Å². The minimum absolute atomic E-state index is 0.108. The van der Waals surface area contributed by atoms with Gasteiger partial charge in [-0.15, -0.1) is 0 Å². The number of benzene rings is 2. The fraction of sp³-hybridized carbons (Fsp3) is 0.381. The summed E-state index contributed by atoms with van der Waals surface area (Å²) >= 11 is 0. The molecule has 6 heteroatoms. The molecule has 27 heavy (non-hydrogen) atoms. The molecule has 2 aromatic carbocycles. The summed E-state index contributed by atoms with van der Waals surface area (Å²) in [7, 11) is 0. The second-order valence-electron chi connectivity index (χ2n) is 8.24. The van der Waals surface area contributed by atoms with Crippen LogP contribution in [-0.2, 0) is 21.5 Å². The average Bonchev–Trinajstić information content (AvgIpc) is 2.95. The van der Waals surface area contributed by atoms with Crippen LogP contribution in [0.15, 0.2) is 41.4 Å². The number of ether oxygens (including phenoxy) is 2. The summed E-state index contributed by atoms with van der Waals surface area (Å²) in [5.74, 6) is 1.29. The van der Waals surface area contributed by atoms with Crippen molar-refractivity contribution in [3.8, 4) is 11.5 Å². The number of aliphatic imine (C=N–C) groups is 1. The van der Waals surface area contributed by atoms with E-state index in [-0.39, 0.29) is 12.6 Å². The van der Waals surface area contributed by atoms with Gasteiger partial charge in [-0.1, -0.05) is 12.1 Å². The van der Waals surface area contributed by atoms with Crippen LogP contribution in [0.5, 0.6) is 11.5 Å². The fourth-order valence-corrected chi connectivity index (χ4v) is 3.62. The van der Waals surface area contributed by atoms with Gasteiger partial charge in [-0.25, -0.2) is 4.99 Å². The number of fused-ring (bicyclic) bond motifs is 4. The highest BCUT2D eigenvalue weighted by Crippen LogP contribution is 2.52. The molecule has 0 aromatic heterocycles. The Hall–Kier alpha value is -2.57. The Kier molecular flexibility index (Phi) is 3.61. The van der Waals surface area contributed by atoms with E-state index in [0.717, 1.165) is 22.3 Å². The molecule has 0 atom stereocenters. The first-order chi connectivity index (χ1) is 12.5. The number of nitrogens with zero attached hydrogens (tertiary/aromatic N) is 1. The number of amidine groups is 1. The molecule has 2 aliphatic heterocycles. The van der Waals surface area contributed by atoms with Crippen LogP contribution in [0.1, 0.15) is 49.9 Å². The summed E-state index contributed by atoms with van der Waals surface area (Å²) < 4.78 is 11.7. The Labute approximate surface area is 158 Å². The summed E-state index contributed by atoms with van der Waals surface area (Å²) in [4.78, 5) is 4.64. The van der Waals surface area contributed by atoms with Crippen molar-refractivity contribution in [2.24, 2.45) is 10.7 Å². The Morgan fingerprint density at radius 1 is 0.926 bits per heavy atom. The summed E-state index contributed by atoms with van der Waals surface area (Å²) in [6, 6.07) is 11.2.